The van der Waals surface area contributed by atoms with Gasteiger partial charge in [0.2, 0.25) is 0 Å². The van der Waals surface area contributed by atoms with Crippen molar-refractivity contribution in [3.63, 3.8) is 0 Å². The number of nitrogens with zero attached hydrogens (tertiary/aromatic N) is 3. The van der Waals surface area contributed by atoms with Crippen LogP contribution < -0.4 is 5.32 Å². The summed E-state index contributed by atoms with van der Waals surface area (Å²) in [4.78, 5) is 13.7. The van der Waals surface area contributed by atoms with E-state index in [1.807, 2.05) is 0 Å². The molecule has 0 saturated heterocycles. The molecule has 0 spiro atoms. The Morgan fingerprint density at radius 3 is 2.85 bits per heavy atom. The molecular formula is C11H9F3N4O2. The fourth-order valence-electron chi connectivity index (χ4n) is 1.64. The Bertz CT molecular complexity index is 630. The molecule has 106 valence electrons. The molecule has 0 fully saturated rings. The number of rotatable bonds is 5. The van der Waals surface area contributed by atoms with Crippen LogP contribution in [0.2, 0.25) is 0 Å². The molecule has 0 bridgehead atoms. The molecule has 6 nitrogen and oxygen atoms in total. The molecule has 0 atom stereocenters. The maximum absolute atomic E-state index is 12.9. The normalized spacial score (nSPS) is 10.8. The number of anilines is 1. The van der Waals surface area contributed by atoms with E-state index < -0.39 is 23.0 Å². The number of hydrogen-bond acceptors (Lipinski definition) is 4. The van der Waals surface area contributed by atoms with Gasteiger partial charge in [-0.15, -0.1) is 0 Å². The van der Waals surface area contributed by atoms with Crippen molar-refractivity contribution in [2.75, 3.05) is 5.32 Å². The first-order valence-electron chi connectivity index (χ1n) is 5.46. The van der Waals surface area contributed by atoms with E-state index in [2.05, 4.69) is 10.3 Å². The average Bonchev–Trinajstić information content (AvgIpc) is 2.85. The van der Waals surface area contributed by atoms with Crippen molar-refractivity contribution in [1.82, 2.24) is 9.55 Å². The van der Waals surface area contributed by atoms with Crippen LogP contribution in [0.3, 0.4) is 0 Å². The van der Waals surface area contributed by atoms with Gasteiger partial charge in [-0.1, -0.05) is 0 Å². The van der Waals surface area contributed by atoms with Crippen LogP contribution in [0.15, 0.2) is 30.6 Å². The van der Waals surface area contributed by atoms with Crippen LogP contribution in [0.1, 0.15) is 12.4 Å². The Balaban J connectivity index is 2.19. The molecular weight excluding hydrogens is 277 g/mol. The lowest BCUT2D eigenvalue weighted by atomic mass is 10.2. The Kier molecular flexibility index (Phi) is 3.87. The summed E-state index contributed by atoms with van der Waals surface area (Å²) < 4.78 is 38.7. The summed E-state index contributed by atoms with van der Waals surface area (Å²) in [6, 6.07) is 2.96. The Morgan fingerprint density at radius 1 is 1.45 bits per heavy atom. The number of nitro groups is 1. The third kappa shape index (κ3) is 2.87. The van der Waals surface area contributed by atoms with Gasteiger partial charge < -0.3 is 5.32 Å². The molecule has 2 rings (SSSR count). The second-order valence-corrected chi connectivity index (χ2v) is 3.80. The molecule has 1 aromatic carbocycles. The summed E-state index contributed by atoms with van der Waals surface area (Å²) in [5.74, 6) is -0.741. The van der Waals surface area contributed by atoms with Crippen molar-refractivity contribution in [3.8, 4) is 0 Å². The SMILES string of the molecule is O=[N+]([O-])c1cc(F)ccc1NCc1nccn1C(F)F. The molecule has 2 aromatic rings. The molecule has 1 aromatic heterocycles. The lowest BCUT2D eigenvalue weighted by Gasteiger charge is -2.09. The number of alkyl halides is 2. The number of nitro benzene ring substituents is 1. The van der Waals surface area contributed by atoms with E-state index in [0.29, 0.717) is 4.57 Å². The Morgan fingerprint density at radius 2 is 2.20 bits per heavy atom. The summed E-state index contributed by atoms with van der Waals surface area (Å²) in [6.07, 6.45) is 2.29. The van der Waals surface area contributed by atoms with Crippen LogP contribution in [0.5, 0.6) is 0 Å². The molecule has 9 heteroatoms. The van der Waals surface area contributed by atoms with Gasteiger partial charge in [0.25, 0.3) is 5.69 Å². The van der Waals surface area contributed by atoms with Gasteiger partial charge in [0, 0.05) is 12.4 Å². The highest BCUT2D eigenvalue weighted by Crippen LogP contribution is 2.25. The average molecular weight is 286 g/mol. The van der Waals surface area contributed by atoms with E-state index in [4.69, 9.17) is 0 Å². The van der Waals surface area contributed by atoms with Crippen molar-refractivity contribution in [2.45, 2.75) is 13.1 Å². The van der Waals surface area contributed by atoms with Crippen LogP contribution in [-0.2, 0) is 6.54 Å². The first-order chi connectivity index (χ1) is 9.49. The smallest absolute Gasteiger partial charge is 0.319 e. The van der Waals surface area contributed by atoms with Gasteiger partial charge in [-0.3, -0.25) is 14.7 Å². The Hall–Kier alpha value is -2.58. The third-order valence-corrected chi connectivity index (χ3v) is 2.55. The van der Waals surface area contributed by atoms with Crippen molar-refractivity contribution in [3.05, 3.63) is 52.3 Å². The molecule has 0 unspecified atom stereocenters. The van der Waals surface area contributed by atoms with Crippen LogP contribution in [-0.4, -0.2) is 14.5 Å². The highest BCUT2D eigenvalue weighted by atomic mass is 19.3. The van der Waals surface area contributed by atoms with E-state index in [-0.39, 0.29) is 18.1 Å². The van der Waals surface area contributed by atoms with Gasteiger partial charge in [-0.2, -0.15) is 8.78 Å². The van der Waals surface area contributed by atoms with Gasteiger partial charge in [-0.25, -0.2) is 9.37 Å². The number of hydrogen-bond donors (Lipinski definition) is 1. The largest absolute Gasteiger partial charge is 0.372 e. The van der Waals surface area contributed by atoms with Gasteiger partial charge in [0.15, 0.2) is 0 Å². The summed E-state index contributed by atoms with van der Waals surface area (Å²) in [5, 5.41) is 13.4. The predicted octanol–water partition coefficient (Wildman–Crippen LogP) is 2.94. The second-order valence-electron chi connectivity index (χ2n) is 3.80. The zero-order chi connectivity index (χ0) is 14.7. The zero-order valence-electron chi connectivity index (χ0n) is 9.96. The van der Waals surface area contributed by atoms with Crippen LogP contribution in [0, 0.1) is 15.9 Å². The molecule has 0 saturated carbocycles. The van der Waals surface area contributed by atoms with E-state index in [1.165, 1.54) is 12.3 Å². The number of imidazole rings is 1. The molecule has 1 N–H and O–H groups in total. The maximum Gasteiger partial charge on any atom is 0.319 e. The Labute approximate surface area is 111 Å². The van der Waals surface area contributed by atoms with Gasteiger partial charge in [0.1, 0.15) is 17.3 Å². The highest BCUT2D eigenvalue weighted by molar-refractivity contribution is 5.61. The van der Waals surface area contributed by atoms with Crippen molar-refractivity contribution >= 4 is 11.4 Å². The van der Waals surface area contributed by atoms with Gasteiger partial charge in [0.05, 0.1) is 17.5 Å². The molecule has 20 heavy (non-hydrogen) atoms. The van der Waals surface area contributed by atoms with E-state index in [1.54, 1.807) is 0 Å². The topological polar surface area (TPSA) is 73.0 Å². The monoisotopic (exact) mass is 286 g/mol. The first kappa shape index (κ1) is 13.8. The molecule has 0 aliphatic carbocycles. The summed E-state index contributed by atoms with van der Waals surface area (Å²) >= 11 is 0. The lowest BCUT2D eigenvalue weighted by molar-refractivity contribution is -0.384. The van der Waals surface area contributed by atoms with Crippen molar-refractivity contribution < 1.29 is 18.1 Å². The molecule has 0 amide bonds. The number of aromatic nitrogens is 2. The molecule has 0 aliphatic heterocycles. The third-order valence-electron chi connectivity index (χ3n) is 2.55. The van der Waals surface area contributed by atoms with Crippen LogP contribution in [0.25, 0.3) is 0 Å². The first-order valence-corrected chi connectivity index (χ1v) is 5.46. The molecule has 0 aliphatic rings. The van der Waals surface area contributed by atoms with E-state index in [0.717, 1.165) is 18.3 Å². The zero-order valence-corrected chi connectivity index (χ0v) is 9.96. The minimum Gasteiger partial charge on any atom is -0.372 e. The fourth-order valence-corrected chi connectivity index (χ4v) is 1.64. The summed E-state index contributed by atoms with van der Waals surface area (Å²) in [6.45, 7) is -2.90. The van der Waals surface area contributed by atoms with Crippen molar-refractivity contribution in [2.24, 2.45) is 0 Å². The number of nitrogens with one attached hydrogen (secondary N) is 1. The van der Waals surface area contributed by atoms with Crippen LogP contribution >= 0.6 is 0 Å². The quantitative estimate of drug-likeness (QED) is 0.677. The summed E-state index contributed by atoms with van der Waals surface area (Å²) in [5.41, 5.74) is -0.444. The minimum atomic E-state index is -2.75. The van der Waals surface area contributed by atoms with Crippen molar-refractivity contribution in [1.29, 1.82) is 0 Å². The van der Waals surface area contributed by atoms with E-state index >= 15 is 0 Å². The molecule has 1 heterocycles. The van der Waals surface area contributed by atoms with E-state index in [9.17, 15) is 23.3 Å². The van der Waals surface area contributed by atoms with Gasteiger partial charge in [-0.05, 0) is 12.1 Å². The second kappa shape index (κ2) is 5.59. The fraction of sp³-hybridized carbons (Fsp3) is 0.182. The number of benzene rings is 1. The summed E-state index contributed by atoms with van der Waals surface area (Å²) in [7, 11) is 0. The molecule has 0 radical (unpaired) electrons. The number of halogens is 3. The van der Waals surface area contributed by atoms with Gasteiger partial charge >= 0.3 is 6.55 Å². The maximum atomic E-state index is 12.9. The standard InChI is InChI=1S/C11H9F3N4O2/c12-7-1-2-8(9(5-7)18(19)20)16-6-10-15-3-4-17(10)11(13)14/h1-5,11,16H,6H2. The minimum absolute atomic E-state index is 0.0126. The lowest BCUT2D eigenvalue weighted by Crippen LogP contribution is -2.10. The predicted molar refractivity (Wildman–Crippen MR) is 63.9 cm³/mol. The highest BCUT2D eigenvalue weighted by Gasteiger charge is 2.16. The van der Waals surface area contributed by atoms with Crippen LogP contribution in [0.4, 0.5) is 24.5 Å².